The fraction of sp³-hybridized carbons (Fsp3) is 0.343. The van der Waals surface area contributed by atoms with Crippen LogP contribution in [-0.2, 0) is 19.9 Å². The highest BCUT2D eigenvalue weighted by Crippen LogP contribution is 2.52. The topological polar surface area (TPSA) is 13.1 Å². The Hall–Kier alpha value is -3.39. The molecule has 0 bridgehead atoms. The lowest BCUT2D eigenvalue weighted by Crippen LogP contribution is -2.32. The number of aryl methyl sites for hydroxylation is 2. The van der Waals surface area contributed by atoms with Crippen molar-refractivity contribution in [2.45, 2.75) is 61.3 Å². The van der Waals surface area contributed by atoms with Crippen molar-refractivity contribution in [2.24, 2.45) is 17.9 Å². The standard InChI is InChI=1S/C35H38NO/c1-21-24-11-9-10-12-26(24)28(20-35(5,6)7)33-30(21)32-31-27(15-16-36(32)8)25-14-13-22(19-34(2,3)4)17-23(25)18-29(31)37-33/h9-18H,19-20H2,1-8H3/q+1. The predicted molar refractivity (Wildman–Crippen MR) is 157 cm³/mol. The summed E-state index contributed by atoms with van der Waals surface area (Å²) < 4.78 is 9.29. The highest BCUT2D eigenvalue weighted by molar-refractivity contribution is 6.16. The van der Waals surface area contributed by atoms with E-state index in [1.165, 1.54) is 60.3 Å². The molecule has 0 saturated carbocycles. The van der Waals surface area contributed by atoms with Gasteiger partial charge in [0.25, 0.3) is 0 Å². The van der Waals surface area contributed by atoms with Gasteiger partial charge in [-0.25, -0.2) is 4.57 Å². The van der Waals surface area contributed by atoms with Gasteiger partial charge in [0.05, 0.1) is 10.9 Å². The van der Waals surface area contributed by atoms with Crippen LogP contribution in [0, 0.1) is 17.8 Å². The first-order chi connectivity index (χ1) is 17.4. The van der Waals surface area contributed by atoms with Crippen LogP contribution in [0.25, 0.3) is 43.6 Å². The van der Waals surface area contributed by atoms with E-state index in [1.807, 2.05) is 0 Å². The molecule has 0 fully saturated rings. The van der Waals surface area contributed by atoms with Gasteiger partial charge in [0.15, 0.2) is 6.20 Å². The Bertz CT molecular complexity index is 1730. The summed E-state index contributed by atoms with van der Waals surface area (Å²) in [6.07, 6.45) is 4.22. The maximum atomic E-state index is 7.01. The molecule has 0 radical (unpaired) electrons. The highest BCUT2D eigenvalue weighted by Gasteiger charge is 2.34. The molecule has 0 spiro atoms. The summed E-state index contributed by atoms with van der Waals surface area (Å²) in [4.78, 5) is 0. The van der Waals surface area contributed by atoms with Gasteiger partial charge in [0, 0.05) is 17.0 Å². The van der Waals surface area contributed by atoms with Gasteiger partial charge < -0.3 is 4.74 Å². The molecule has 37 heavy (non-hydrogen) atoms. The molecule has 5 aromatic rings. The van der Waals surface area contributed by atoms with E-state index >= 15 is 0 Å². The number of ether oxygens (including phenoxy) is 1. The van der Waals surface area contributed by atoms with Crippen LogP contribution in [-0.4, -0.2) is 0 Å². The third-order valence-electron chi connectivity index (χ3n) is 7.69. The van der Waals surface area contributed by atoms with Crippen molar-refractivity contribution in [1.82, 2.24) is 0 Å². The molecule has 2 heteroatoms. The lowest BCUT2D eigenvalue weighted by atomic mass is 9.81. The van der Waals surface area contributed by atoms with Crippen LogP contribution in [0.4, 0.5) is 0 Å². The Kier molecular flexibility index (Phi) is 5.22. The molecule has 188 valence electrons. The van der Waals surface area contributed by atoms with Crippen LogP contribution in [0.5, 0.6) is 11.5 Å². The van der Waals surface area contributed by atoms with E-state index in [9.17, 15) is 0 Å². The van der Waals surface area contributed by atoms with Crippen LogP contribution >= 0.6 is 0 Å². The molecular weight excluding hydrogens is 450 g/mol. The van der Waals surface area contributed by atoms with Gasteiger partial charge in [0.2, 0.25) is 5.69 Å². The van der Waals surface area contributed by atoms with Crippen molar-refractivity contribution in [3.63, 3.8) is 0 Å². The molecule has 1 aromatic heterocycles. The second kappa shape index (κ2) is 8.05. The number of hydrogen-bond acceptors (Lipinski definition) is 1. The minimum atomic E-state index is 0.134. The summed E-state index contributed by atoms with van der Waals surface area (Å²) in [5.74, 6) is 2.01. The average molecular weight is 489 g/mol. The number of benzene rings is 4. The molecule has 0 atom stereocenters. The van der Waals surface area contributed by atoms with Crippen LogP contribution < -0.4 is 9.30 Å². The average Bonchev–Trinajstić information content (AvgIpc) is 2.81. The van der Waals surface area contributed by atoms with Crippen molar-refractivity contribution in [1.29, 1.82) is 0 Å². The number of pyridine rings is 1. The zero-order valence-electron chi connectivity index (χ0n) is 23.5. The minimum absolute atomic E-state index is 0.134. The second-order valence-corrected chi connectivity index (χ2v) is 13.4. The lowest BCUT2D eigenvalue weighted by Gasteiger charge is -2.28. The normalized spacial score (nSPS) is 13.3. The summed E-state index contributed by atoms with van der Waals surface area (Å²) in [6.45, 7) is 16.1. The molecule has 0 N–H and O–H groups in total. The summed E-state index contributed by atoms with van der Waals surface area (Å²) in [5, 5.41) is 7.64. The number of nitrogens with zero attached hydrogens (tertiary/aromatic N) is 1. The monoisotopic (exact) mass is 488 g/mol. The van der Waals surface area contributed by atoms with Crippen molar-refractivity contribution in [2.75, 3.05) is 0 Å². The molecule has 0 saturated heterocycles. The Morgan fingerprint density at radius 3 is 2.16 bits per heavy atom. The molecule has 2 heterocycles. The summed E-state index contributed by atoms with van der Waals surface area (Å²) in [7, 11) is 2.17. The quantitative estimate of drug-likeness (QED) is 0.175. The molecule has 1 aliphatic heterocycles. The summed E-state index contributed by atoms with van der Waals surface area (Å²) in [6, 6.07) is 20.4. The Morgan fingerprint density at radius 1 is 0.757 bits per heavy atom. The number of hydrogen-bond donors (Lipinski definition) is 0. The van der Waals surface area contributed by atoms with Crippen molar-refractivity contribution >= 4 is 32.3 Å². The molecule has 1 aliphatic rings. The SMILES string of the molecule is Cc1c2c(c(CC(C)(C)C)c3ccccc13)Oc1cc3cc(CC(C)(C)C)ccc3c3cc[n+](C)c-2c13. The zero-order chi connectivity index (χ0) is 26.3. The third kappa shape index (κ3) is 3.98. The number of fused-ring (bicyclic) bond motifs is 5. The van der Waals surface area contributed by atoms with E-state index in [1.54, 1.807) is 0 Å². The van der Waals surface area contributed by atoms with Crippen LogP contribution in [0.15, 0.2) is 60.8 Å². The molecule has 2 nitrogen and oxygen atoms in total. The van der Waals surface area contributed by atoms with E-state index in [0.29, 0.717) is 0 Å². The van der Waals surface area contributed by atoms with Gasteiger partial charge in [-0.3, -0.25) is 0 Å². The van der Waals surface area contributed by atoms with E-state index in [-0.39, 0.29) is 10.8 Å². The largest absolute Gasteiger partial charge is 0.455 e. The number of rotatable bonds is 2. The fourth-order valence-electron chi connectivity index (χ4n) is 6.28. The van der Waals surface area contributed by atoms with Crippen LogP contribution in [0.1, 0.15) is 58.2 Å². The maximum absolute atomic E-state index is 7.01. The summed E-state index contributed by atoms with van der Waals surface area (Å²) >= 11 is 0. The zero-order valence-corrected chi connectivity index (χ0v) is 23.5. The predicted octanol–water partition coefficient (Wildman–Crippen LogP) is 9.23. The maximum Gasteiger partial charge on any atom is 0.228 e. The highest BCUT2D eigenvalue weighted by atomic mass is 16.5. The fourth-order valence-corrected chi connectivity index (χ4v) is 6.28. The van der Waals surface area contributed by atoms with Gasteiger partial charge in [0.1, 0.15) is 18.5 Å². The first-order valence-corrected chi connectivity index (χ1v) is 13.5. The third-order valence-corrected chi connectivity index (χ3v) is 7.69. The minimum Gasteiger partial charge on any atom is -0.455 e. The Labute approximate surface area is 220 Å². The van der Waals surface area contributed by atoms with Gasteiger partial charge in [-0.15, -0.1) is 0 Å². The van der Waals surface area contributed by atoms with E-state index in [2.05, 4.69) is 121 Å². The van der Waals surface area contributed by atoms with E-state index in [4.69, 9.17) is 4.74 Å². The van der Waals surface area contributed by atoms with Crippen molar-refractivity contribution in [3.05, 3.63) is 77.5 Å². The number of aromatic nitrogens is 1. The molecule has 0 unspecified atom stereocenters. The Morgan fingerprint density at radius 2 is 1.46 bits per heavy atom. The molecule has 4 aromatic carbocycles. The van der Waals surface area contributed by atoms with Crippen molar-refractivity contribution < 1.29 is 9.30 Å². The van der Waals surface area contributed by atoms with Gasteiger partial charge in [-0.05, 0) is 69.3 Å². The Balaban J connectivity index is 1.71. The molecular formula is C35H38NO+. The molecule has 0 aliphatic carbocycles. The van der Waals surface area contributed by atoms with Crippen LogP contribution in [0.2, 0.25) is 0 Å². The van der Waals surface area contributed by atoms with E-state index < -0.39 is 0 Å². The van der Waals surface area contributed by atoms with Gasteiger partial charge >= 0.3 is 0 Å². The van der Waals surface area contributed by atoms with Gasteiger partial charge in [-0.2, -0.15) is 0 Å². The van der Waals surface area contributed by atoms with Crippen molar-refractivity contribution in [3.8, 4) is 22.8 Å². The van der Waals surface area contributed by atoms with Gasteiger partial charge in [-0.1, -0.05) is 84.0 Å². The molecule has 6 rings (SSSR count). The summed E-state index contributed by atoms with van der Waals surface area (Å²) in [5.41, 5.74) is 6.85. The van der Waals surface area contributed by atoms with E-state index in [0.717, 1.165) is 24.3 Å². The lowest BCUT2D eigenvalue weighted by molar-refractivity contribution is -0.659. The second-order valence-electron chi connectivity index (χ2n) is 13.4. The molecule has 0 amide bonds. The van der Waals surface area contributed by atoms with Crippen LogP contribution in [0.3, 0.4) is 0 Å². The first kappa shape index (κ1) is 24.0. The first-order valence-electron chi connectivity index (χ1n) is 13.5. The smallest absolute Gasteiger partial charge is 0.228 e.